The molecule has 0 spiro atoms. The lowest BCUT2D eigenvalue weighted by molar-refractivity contribution is 0.0254. The molecule has 204 valence electrons. The summed E-state index contributed by atoms with van der Waals surface area (Å²) in [6.07, 6.45) is 3.34. The number of carbonyl (C=O) groups is 1. The Hall–Kier alpha value is -4.39. The molecule has 2 aromatic carbocycles. The number of hydrogen-bond acceptors (Lipinski definition) is 8. The predicted molar refractivity (Wildman–Crippen MR) is 147 cm³/mol. The number of rotatable bonds is 7. The Bertz CT molecular complexity index is 1590. The number of aliphatic hydroxyl groups is 1. The van der Waals surface area contributed by atoms with E-state index in [-0.39, 0.29) is 24.5 Å². The van der Waals surface area contributed by atoms with Crippen molar-refractivity contribution in [3.63, 3.8) is 0 Å². The van der Waals surface area contributed by atoms with Crippen molar-refractivity contribution in [1.29, 1.82) is 5.26 Å². The van der Waals surface area contributed by atoms with Gasteiger partial charge in [-0.2, -0.15) is 5.26 Å². The van der Waals surface area contributed by atoms with Crippen molar-refractivity contribution in [2.24, 2.45) is 5.92 Å². The summed E-state index contributed by atoms with van der Waals surface area (Å²) < 4.78 is 23.5. The van der Waals surface area contributed by atoms with Crippen LogP contribution in [0.3, 0.4) is 0 Å². The number of furan rings is 1. The Morgan fingerprint density at radius 1 is 1.10 bits per heavy atom. The largest absolute Gasteiger partial charge is 0.496 e. The SMILES string of the molecule is COc1cc(C(=O)N2CC(CO)C2)ccc1-c1cc2nccc(-c3ccc(OC4CCOCC4)c(C#N)c3)c2o1. The molecule has 40 heavy (non-hydrogen) atoms. The minimum absolute atomic E-state index is 0.0343. The molecule has 2 fully saturated rings. The van der Waals surface area contributed by atoms with Crippen molar-refractivity contribution in [3.8, 4) is 40.0 Å². The minimum Gasteiger partial charge on any atom is -0.496 e. The highest BCUT2D eigenvalue weighted by Gasteiger charge is 2.31. The highest BCUT2D eigenvalue weighted by Crippen LogP contribution is 2.39. The number of pyridine rings is 1. The second kappa shape index (κ2) is 11.0. The molecule has 6 rings (SSSR count). The third-order valence-electron chi connectivity index (χ3n) is 7.50. The second-order valence-corrected chi connectivity index (χ2v) is 10.1. The Labute approximate surface area is 231 Å². The van der Waals surface area contributed by atoms with Crippen molar-refractivity contribution in [2.45, 2.75) is 18.9 Å². The van der Waals surface area contributed by atoms with E-state index in [2.05, 4.69) is 11.1 Å². The summed E-state index contributed by atoms with van der Waals surface area (Å²) in [5.74, 6) is 1.66. The Balaban J connectivity index is 1.30. The molecule has 0 atom stereocenters. The molecule has 0 bridgehead atoms. The molecule has 1 N–H and O–H groups in total. The standard InChI is InChI=1S/C31H29N3O6/c1-37-28-13-21(31(36)34-16-19(17-34)18-35)2-4-25(28)29-14-26-30(40-29)24(6-9-33-26)20-3-5-27(22(12-20)15-32)39-23-7-10-38-11-8-23/h2-6,9,12-14,19,23,35H,7-8,10-11,16-18H2,1H3. The lowest BCUT2D eigenvalue weighted by Crippen LogP contribution is -2.51. The van der Waals surface area contributed by atoms with Gasteiger partial charge in [-0.3, -0.25) is 9.78 Å². The van der Waals surface area contributed by atoms with Gasteiger partial charge in [0.15, 0.2) is 5.58 Å². The maximum absolute atomic E-state index is 12.9. The monoisotopic (exact) mass is 539 g/mol. The van der Waals surface area contributed by atoms with Crippen LogP contribution in [-0.4, -0.2) is 67.0 Å². The third kappa shape index (κ3) is 4.88. The molecule has 4 aromatic rings. The molecular formula is C31H29N3O6. The van der Waals surface area contributed by atoms with E-state index in [1.54, 1.807) is 30.3 Å². The summed E-state index contributed by atoms with van der Waals surface area (Å²) in [7, 11) is 1.55. The number of carbonyl (C=O) groups excluding carboxylic acids is 1. The van der Waals surface area contributed by atoms with Crippen molar-refractivity contribution in [1.82, 2.24) is 9.88 Å². The third-order valence-corrected chi connectivity index (χ3v) is 7.50. The maximum Gasteiger partial charge on any atom is 0.254 e. The summed E-state index contributed by atoms with van der Waals surface area (Å²) >= 11 is 0. The first-order valence-corrected chi connectivity index (χ1v) is 13.3. The van der Waals surface area contributed by atoms with Crippen LogP contribution < -0.4 is 9.47 Å². The van der Waals surface area contributed by atoms with Gasteiger partial charge in [-0.15, -0.1) is 0 Å². The van der Waals surface area contributed by atoms with Gasteiger partial charge < -0.3 is 28.6 Å². The van der Waals surface area contributed by atoms with Gasteiger partial charge in [0.1, 0.15) is 34.9 Å². The molecule has 2 aliphatic rings. The van der Waals surface area contributed by atoms with Crippen LogP contribution in [0.1, 0.15) is 28.8 Å². The van der Waals surface area contributed by atoms with Crippen LogP contribution in [0.2, 0.25) is 0 Å². The fourth-order valence-corrected chi connectivity index (χ4v) is 5.22. The fraction of sp³-hybridized carbons (Fsp3) is 0.323. The zero-order chi connectivity index (χ0) is 27.6. The average Bonchev–Trinajstić information content (AvgIpc) is 3.41. The predicted octanol–water partition coefficient (Wildman–Crippen LogP) is 4.66. The molecule has 9 heteroatoms. The van der Waals surface area contributed by atoms with Gasteiger partial charge in [-0.25, -0.2) is 0 Å². The molecule has 0 aliphatic carbocycles. The Kier molecular flexibility index (Phi) is 7.11. The van der Waals surface area contributed by atoms with Crippen LogP contribution in [0, 0.1) is 17.2 Å². The van der Waals surface area contributed by atoms with Crippen molar-refractivity contribution >= 4 is 17.0 Å². The number of nitriles is 1. The number of benzene rings is 2. The molecule has 0 radical (unpaired) electrons. The summed E-state index contributed by atoms with van der Waals surface area (Å²) in [5, 5.41) is 19.1. The summed E-state index contributed by atoms with van der Waals surface area (Å²) in [6.45, 7) is 2.50. The van der Waals surface area contributed by atoms with Gasteiger partial charge >= 0.3 is 0 Å². The van der Waals surface area contributed by atoms with Crippen molar-refractivity contribution < 1.29 is 28.5 Å². The van der Waals surface area contributed by atoms with Crippen LogP contribution in [0.5, 0.6) is 11.5 Å². The highest BCUT2D eigenvalue weighted by molar-refractivity contribution is 5.97. The second-order valence-electron chi connectivity index (χ2n) is 10.1. The smallest absolute Gasteiger partial charge is 0.254 e. The first kappa shape index (κ1) is 25.9. The quantitative estimate of drug-likeness (QED) is 0.360. The number of aromatic nitrogens is 1. The molecule has 2 aromatic heterocycles. The number of aliphatic hydroxyl groups excluding tert-OH is 1. The number of nitrogens with zero attached hydrogens (tertiary/aromatic N) is 3. The first-order chi connectivity index (χ1) is 19.6. The Morgan fingerprint density at radius 3 is 2.67 bits per heavy atom. The lowest BCUT2D eigenvalue weighted by atomic mass is 9.99. The molecule has 4 heterocycles. The average molecular weight is 540 g/mol. The molecule has 9 nitrogen and oxygen atoms in total. The van der Waals surface area contributed by atoms with Gasteiger partial charge in [-0.05, 0) is 42.0 Å². The van der Waals surface area contributed by atoms with E-state index in [0.717, 1.165) is 24.0 Å². The van der Waals surface area contributed by atoms with Crippen LogP contribution in [0.15, 0.2) is 59.1 Å². The summed E-state index contributed by atoms with van der Waals surface area (Å²) in [6, 6.07) is 16.8. The van der Waals surface area contributed by atoms with E-state index in [1.165, 1.54) is 0 Å². The molecule has 1 amide bonds. The first-order valence-electron chi connectivity index (χ1n) is 13.3. The Morgan fingerprint density at radius 2 is 1.93 bits per heavy atom. The summed E-state index contributed by atoms with van der Waals surface area (Å²) in [4.78, 5) is 19.1. The molecule has 0 unspecified atom stereocenters. The normalized spacial score (nSPS) is 16.0. The number of amides is 1. The van der Waals surface area contributed by atoms with E-state index in [1.807, 2.05) is 36.4 Å². The number of methoxy groups -OCH3 is 1. The topological polar surface area (TPSA) is 118 Å². The fourth-order valence-electron chi connectivity index (χ4n) is 5.22. The van der Waals surface area contributed by atoms with Crippen LogP contribution in [0.4, 0.5) is 0 Å². The van der Waals surface area contributed by atoms with Crippen LogP contribution >= 0.6 is 0 Å². The summed E-state index contributed by atoms with van der Waals surface area (Å²) in [5.41, 5.74) is 4.51. The van der Waals surface area contributed by atoms with Gasteiger partial charge in [0, 0.05) is 61.8 Å². The van der Waals surface area contributed by atoms with Crippen LogP contribution in [-0.2, 0) is 4.74 Å². The molecular weight excluding hydrogens is 510 g/mol. The van der Waals surface area contributed by atoms with Crippen molar-refractivity contribution in [3.05, 3.63) is 65.9 Å². The molecule has 2 saturated heterocycles. The highest BCUT2D eigenvalue weighted by atomic mass is 16.5. The molecule has 2 aliphatic heterocycles. The van der Waals surface area contributed by atoms with Gasteiger partial charge in [0.05, 0.1) is 31.5 Å². The van der Waals surface area contributed by atoms with Gasteiger partial charge in [0.2, 0.25) is 0 Å². The van der Waals surface area contributed by atoms with E-state index in [9.17, 15) is 15.2 Å². The lowest BCUT2D eigenvalue weighted by Gasteiger charge is -2.38. The zero-order valence-corrected chi connectivity index (χ0v) is 22.1. The van der Waals surface area contributed by atoms with Crippen LogP contribution in [0.25, 0.3) is 33.6 Å². The van der Waals surface area contributed by atoms with E-state index in [4.69, 9.17) is 18.6 Å². The number of fused-ring (bicyclic) bond motifs is 1. The number of hydrogen-bond donors (Lipinski definition) is 1. The minimum atomic E-state index is -0.0966. The van der Waals surface area contributed by atoms with E-state index >= 15 is 0 Å². The van der Waals surface area contributed by atoms with Gasteiger partial charge in [-0.1, -0.05) is 6.07 Å². The van der Waals surface area contributed by atoms with E-state index < -0.39 is 0 Å². The van der Waals surface area contributed by atoms with E-state index in [0.29, 0.717) is 71.4 Å². The number of likely N-dealkylation sites (tertiary alicyclic amines) is 1. The van der Waals surface area contributed by atoms with Gasteiger partial charge in [0.25, 0.3) is 5.91 Å². The maximum atomic E-state index is 12.9. The number of ether oxygens (including phenoxy) is 3. The van der Waals surface area contributed by atoms with Crippen molar-refractivity contribution in [2.75, 3.05) is 40.0 Å². The zero-order valence-electron chi connectivity index (χ0n) is 22.1. The molecule has 0 saturated carbocycles.